The first kappa shape index (κ1) is 22.9. The highest BCUT2D eigenvalue weighted by atomic mass is 35.5. The number of amidine groups is 1. The van der Waals surface area contributed by atoms with Crippen molar-refractivity contribution in [2.24, 2.45) is 4.99 Å². The van der Waals surface area contributed by atoms with Crippen LogP contribution in [0.25, 0.3) is 0 Å². The van der Waals surface area contributed by atoms with Crippen molar-refractivity contribution < 1.29 is 22.7 Å². The minimum Gasteiger partial charge on any atom is -0.497 e. The van der Waals surface area contributed by atoms with Gasteiger partial charge in [-0.2, -0.15) is 4.99 Å². The van der Waals surface area contributed by atoms with Gasteiger partial charge < -0.3 is 14.4 Å². The Balaban J connectivity index is 1.44. The van der Waals surface area contributed by atoms with E-state index in [0.717, 1.165) is 11.3 Å². The third-order valence-electron chi connectivity index (χ3n) is 5.37. The molecule has 2 aromatic carbocycles. The van der Waals surface area contributed by atoms with Gasteiger partial charge in [0.1, 0.15) is 11.5 Å². The molecule has 2 heterocycles. The predicted molar refractivity (Wildman–Crippen MR) is 127 cm³/mol. The number of sulfone groups is 1. The Labute approximate surface area is 196 Å². The molecule has 7 nitrogen and oxygen atoms in total. The highest BCUT2D eigenvalue weighted by molar-refractivity contribution is 8.15. The molecule has 170 valence electrons. The van der Waals surface area contributed by atoms with E-state index in [1.165, 1.54) is 11.8 Å². The maximum absolute atomic E-state index is 12.5. The molecule has 0 N–H and O–H groups in total. The number of hydrogen-bond acceptors (Lipinski definition) is 6. The highest BCUT2D eigenvalue weighted by Crippen LogP contribution is 2.38. The van der Waals surface area contributed by atoms with Crippen LogP contribution in [0.3, 0.4) is 0 Å². The predicted octanol–water partition coefficient (Wildman–Crippen LogP) is 3.07. The molecule has 10 heteroatoms. The van der Waals surface area contributed by atoms with Crippen LogP contribution in [0, 0.1) is 0 Å². The zero-order chi connectivity index (χ0) is 22.7. The first-order valence-electron chi connectivity index (χ1n) is 10.1. The number of rotatable bonds is 7. The lowest BCUT2D eigenvalue weighted by Gasteiger charge is -2.24. The molecule has 2 aromatic rings. The Morgan fingerprint density at radius 3 is 2.50 bits per heavy atom. The number of amides is 1. The number of aliphatic imine (C=N–C) groups is 1. The summed E-state index contributed by atoms with van der Waals surface area (Å²) in [5.41, 5.74) is 1.09. The van der Waals surface area contributed by atoms with E-state index in [4.69, 9.17) is 21.1 Å². The number of benzene rings is 2. The van der Waals surface area contributed by atoms with Gasteiger partial charge in [0, 0.05) is 16.8 Å². The van der Waals surface area contributed by atoms with E-state index in [1.54, 1.807) is 31.4 Å². The molecule has 2 atom stereocenters. The summed E-state index contributed by atoms with van der Waals surface area (Å²) in [5.74, 6) is 1.08. The van der Waals surface area contributed by atoms with Gasteiger partial charge in [-0.25, -0.2) is 8.42 Å². The summed E-state index contributed by atoms with van der Waals surface area (Å²) in [5, 5.41) is 1.04. The maximum Gasteiger partial charge on any atom is 0.285 e. The molecule has 0 saturated carbocycles. The molecule has 2 fully saturated rings. The van der Waals surface area contributed by atoms with E-state index in [-0.39, 0.29) is 29.4 Å². The SMILES string of the molecule is COc1ccc(CCN2C(=NC(=O)COc3ccc(Cl)cc3)S[C@@H]3CS(=O)(=O)C[C@@H]32)cc1. The molecule has 0 aliphatic carbocycles. The minimum absolute atomic E-state index is 0.0851. The molecule has 0 aromatic heterocycles. The molecule has 2 aliphatic rings. The number of ether oxygens (including phenoxy) is 2. The summed E-state index contributed by atoms with van der Waals surface area (Å²) in [6.45, 7) is 0.367. The number of halogens is 1. The van der Waals surface area contributed by atoms with Crippen molar-refractivity contribution in [2.45, 2.75) is 17.7 Å². The Bertz CT molecular complexity index is 1100. The van der Waals surface area contributed by atoms with Crippen molar-refractivity contribution in [2.75, 3.05) is 31.8 Å². The third-order valence-corrected chi connectivity index (χ3v) is 8.87. The van der Waals surface area contributed by atoms with Gasteiger partial charge in [0.05, 0.1) is 24.7 Å². The first-order chi connectivity index (χ1) is 15.3. The Morgan fingerprint density at radius 1 is 1.12 bits per heavy atom. The summed E-state index contributed by atoms with van der Waals surface area (Å²) in [6, 6.07) is 14.3. The van der Waals surface area contributed by atoms with Gasteiger partial charge in [-0.15, -0.1) is 0 Å². The molecular weight excluding hydrogens is 472 g/mol. The molecule has 0 bridgehead atoms. The van der Waals surface area contributed by atoms with E-state index < -0.39 is 15.7 Å². The van der Waals surface area contributed by atoms with E-state index in [2.05, 4.69) is 4.99 Å². The smallest absolute Gasteiger partial charge is 0.285 e. The number of nitrogens with zero attached hydrogens (tertiary/aromatic N) is 2. The van der Waals surface area contributed by atoms with Crippen LogP contribution >= 0.6 is 23.4 Å². The van der Waals surface area contributed by atoms with E-state index >= 15 is 0 Å². The molecule has 2 saturated heterocycles. The fourth-order valence-electron chi connectivity index (χ4n) is 3.75. The summed E-state index contributed by atoms with van der Waals surface area (Å²) in [7, 11) is -1.47. The number of carbonyl (C=O) groups excluding carboxylic acids is 1. The van der Waals surface area contributed by atoms with Gasteiger partial charge in [-0.1, -0.05) is 35.5 Å². The molecule has 1 amide bonds. The normalized spacial score (nSPS) is 22.7. The van der Waals surface area contributed by atoms with Crippen molar-refractivity contribution >= 4 is 44.3 Å². The fourth-order valence-corrected chi connectivity index (χ4v) is 7.87. The van der Waals surface area contributed by atoms with Crippen molar-refractivity contribution in [3.05, 3.63) is 59.1 Å². The summed E-state index contributed by atoms with van der Waals surface area (Å²) >= 11 is 7.23. The van der Waals surface area contributed by atoms with Gasteiger partial charge in [0.25, 0.3) is 5.91 Å². The first-order valence-corrected chi connectivity index (χ1v) is 13.2. The van der Waals surface area contributed by atoms with Gasteiger partial charge in [0.15, 0.2) is 21.6 Å². The molecular formula is C22H23ClN2O5S2. The van der Waals surface area contributed by atoms with Gasteiger partial charge in [0.2, 0.25) is 0 Å². The zero-order valence-electron chi connectivity index (χ0n) is 17.4. The van der Waals surface area contributed by atoms with Crippen LogP contribution in [0.2, 0.25) is 5.02 Å². The van der Waals surface area contributed by atoms with E-state index in [1.807, 2.05) is 29.2 Å². The summed E-state index contributed by atoms with van der Waals surface area (Å²) in [6.07, 6.45) is 0.697. The molecule has 32 heavy (non-hydrogen) atoms. The molecule has 0 spiro atoms. The van der Waals surface area contributed by atoms with Gasteiger partial charge in [-0.05, 0) is 48.4 Å². The van der Waals surface area contributed by atoms with Crippen LogP contribution in [0.5, 0.6) is 11.5 Å². The monoisotopic (exact) mass is 494 g/mol. The van der Waals surface area contributed by atoms with Crippen LogP contribution in [0.4, 0.5) is 0 Å². The second-order valence-electron chi connectivity index (χ2n) is 7.62. The van der Waals surface area contributed by atoms with Crippen molar-refractivity contribution in [3.8, 4) is 11.5 Å². The lowest BCUT2D eigenvalue weighted by molar-refractivity contribution is -0.119. The Hall–Kier alpha value is -2.23. The Kier molecular flexibility index (Phi) is 6.97. The topological polar surface area (TPSA) is 85.3 Å². The van der Waals surface area contributed by atoms with Crippen molar-refractivity contribution in [1.29, 1.82) is 0 Å². The second-order valence-corrected chi connectivity index (χ2v) is 11.4. The van der Waals surface area contributed by atoms with E-state index in [0.29, 0.717) is 28.9 Å². The number of hydrogen-bond donors (Lipinski definition) is 0. The lowest BCUT2D eigenvalue weighted by atomic mass is 10.1. The molecule has 0 unspecified atom stereocenters. The second kappa shape index (κ2) is 9.72. The average Bonchev–Trinajstić information content (AvgIpc) is 3.23. The number of carbonyl (C=O) groups is 1. The lowest BCUT2D eigenvalue weighted by Crippen LogP contribution is -2.39. The number of methoxy groups -OCH3 is 1. The summed E-state index contributed by atoms with van der Waals surface area (Å²) in [4.78, 5) is 18.7. The van der Waals surface area contributed by atoms with Crippen LogP contribution in [0.15, 0.2) is 53.5 Å². The van der Waals surface area contributed by atoms with Gasteiger partial charge >= 0.3 is 0 Å². The number of thioether (sulfide) groups is 1. The largest absolute Gasteiger partial charge is 0.497 e. The van der Waals surface area contributed by atoms with Gasteiger partial charge in [-0.3, -0.25) is 4.79 Å². The highest BCUT2D eigenvalue weighted by Gasteiger charge is 2.48. The summed E-state index contributed by atoms with van der Waals surface area (Å²) < 4.78 is 35.0. The quantitative estimate of drug-likeness (QED) is 0.584. The van der Waals surface area contributed by atoms with Crippen molar-refractivity contribution in [1.82, 2.24) is 4.90 Å². The molecule has 0 radical (unpaired) electrons. The van der Waals surface area contributed by atoms with E-state index in [9.17, 15) is 13.2 Å². The molecule has 4 rings (SSSR count). The maximum atomic E-state index is 12.5. The number of fused-ring (bicyclic) bond motifs is 1. The molecule has 2 aliphatic heterocycles. The third kappa shape index (κ3) is 5.57. The van der Waals surface area contributed by atoms with Crippen LogP contribution in [-0.4, -0.2) is 67.5 Å². The van der Waals surface area contributed by atoms with Crippen molar-refractivity contribution in [3.63, 3.8) is 0 Å². The van der Waals surface area contributed by atoms with Crippen LogP contribution in [-0.2, 0) is 21.1 Å². The minimum atomic E-state index is -3.09. The zero-order valence-corrected chi connectivity index (χ0v) is 19.8. The standard InChI is InChI=1S/C22H23ClN2O5S2/c1-29-17-6-2-15(3-7-17)10-11-25-19-13-32(27,28)14-20(19)31-22(25)24-21(26)12-30-18-8-4-16(23)5-9-18/h2-9,19-20H,10-14H2,1H3/t19-,20+/m0/s1. The average molecular weight is 495 g/mol. The Morgan fingerprint density at radius 2 is 1.81 bits per heavy atom. The van der Waals surface area contributed by atoms with Crippen LogP contribution < -0.4 is 9.47 Å². The van der Waals surface area contributed by atoms with Crippen LogP contribution in [0.1, 0.15) is 5.56 Å². The fraction of sp³-hybridized carbons (Fsp3) is 0.364.